The average molecular weight is 378 g/mol. The predicted molar refractivity (Wildman–Crippen MR) is 94.3 cm³/mol. The van der Waals surface area contributed by atoms with Gasteiger partial charge in [0.1, 0.15) is 6.61 Å². The first-order chi connectivity index (χ1) is 12.4. The van der Waals surface area contributed by atoms with Crippen molar-refractivity contribution in [2.24, 2.45) is 5.92 Å². The zero-order valence-electron chi connectivity index (χ0n) is 13.9. The minimum atomic E-state index is -3.06. The quantitative estimate of drug-likeness (QED) is 0.851. The Balaban J connectivity index is 1.46. The molecule has 3 nitrogen and oxygen atoms in total. The van der Waals surface area contributed by atoms with Crippen molar-refractivity contribution in [2.75, 3.05) is 13.2 Å². The molecule has 4 rings (SSSR count). The Labute approximate surface area is 155 Å². The van der Waals surface area contributed by atoms with Crippen LogP contribution >= 0.6 is 11.6 Å². The Morgan fingerprint density at radius 1 is 1.19 bits per heavy atom. The number of carbonyl (C=O) groups excluding carboxylic acids is 1. The standard InChI is InChI=1S/C20H18ClF2NO2/c21-15-8-4-7-14(9-15)19(20(22,23)12-26-19)11-24-18(25)17-10-16(17)13-5-2-1-3-6-13/h1-9,16-17H,10-12H2,(H,24,25)/t16-,17+,19?/m1/s1. The van der Waals surface area contributed by atoms with Gasteiger partial charge in [0.2, 0.25) is 5.91 Å². The molecule has 1 N–H and O–H groups in total. The largest absolute Gasteiger partial charge is 0.356 e. The number of rotatable bonds is 5. The minimum Gasteiger partial charge on any atom is -0.356 e. The molecule has 1 heterocycles. The van der Waals surface area contributed by atoms with Crippen LogP contribution in [0.2, 0.25) is 5.02 Å². The van der Waals surface area contributed by atoms with Gasteiger partial charge in [-0.25, -0.2) is 8.78 Å². The second kappa shape index (κ2) is 6.32. The van der Waals surface area contributed by atoms with Crippen LogP contribution in [0, 0.1) is 5.92 Å². The molecule has 1 amide bonds. The van der Waals surface area contributed by atoms with Crippen molar-refractivity contribution in [1.29, 1.82) is 0 Å². The molecule has 26 heavy (non-hydrogen) atoms. The van der Waals surface area contributed by atoms with E-state index in [9.17, 15) is 13.6 Å². The van der Waals surface area contributed by atoms with Crippen molar-refractivity contribution in [2.45, 2.75) is 23.9 Å². The summed E-state index contributed by atoms with van der Waals surface area (Å²) >= 11 is 5.95. The molecule has 0 spiro atoms. The molecule has 2 fully saturated rings. The summed E-state index contributed by atoms with van der Waals surface area (Å²) in [5.74, 6) is -3.30. The molecule has 2 aromatic carbocycles. The van der Waals surface area contributed by atoms with Crippen molar-refractivity contribution in [3.05, 3.63) is 70.7 Å². The lowest BCUT2D eigenvalue weighted by atomic mass is 9.82. The van der Waals surface area contributed by atoms with Crippen molar-refractivity contribution in [3.8, 4) is 0 Å². The molecule has 1 saturated heterocycles. The molecule has 1 unspecified atom stereocenters. The number of amides is 1. The van der Waals surface area contributed by atoms with Gasteiger partial charge in [-0.15, -0.1) is 0 Å². The molecule has 0 aromatic heterocycles. The average Bonchev–Trinajstić information content (AvgIpc) is 3.43. The maximum absolute atomic E-state index is 14.4. The van der Waals surface area contributed by atoms with Crippen LogP contribution in [0.15, 0.2) is 54.6 Å². The third-order valence-electron chi connectivity index (χ3n) is 5.25. The van der Waals surface area contributed by atoms with E-state index in [0.717, 1.165) is 12.0 Å². The van der Waals surface area contributed by atoms with Gasteiger partial charge in [-0.3, -0.25) is 4.79 Å². The van der Waals surface area contributed by atoms with E-state index >= 15 is 0 Å². The van der Waals surface area contributed by atoms with Gasteiger partial charge in [0.05, 0.1) is 6.54 Å². The normalized spacial score (nSPS) is 28.9. The monoisotopic (exact) mass is 377 g/mol. The summed E-state index contributed by atoms with van der Waals surface area (Å²) in [5, 5.41) is 3.03. The predicted octanol–water partition coefficient (Wildman–Crippen LogP) is 4.12. The van der Waals surface area contributed by atoms with Gasteiger partial charge >= 0.3 is 5.92 Å². The highest BCUT2D eigenvalue weighted by molar-refractivity contribution is 6.30. The first-order valence-corrected chi connectivity index (χ1v) is 8.91. The molecule has 1 aliphatic carbocycles. The fraction of sp³-hybridized carbons (Fsp3) is 0.350. The van der Waals surface area contributed by atoms with E-state index < -0.39 is 18.1 Å². The molecule has 2 aliphatic rings. The molecular weight excluding hydrogens is 360 g/mol. The van der Waals surface area contributed by atoms with Gasteiger partial charge in [0.15, 0.2) is 5.60 Å². The Hall–Kier alpha value is -1.98. The Kier molecular flexibility index (Phi) is 4.24. The number of alkyl halides is 2. The van der Waals surface area contributed by atoms with Gasteiger partial charge in [-0.2, -0.15) is 0 Å². The zero-order chi connectivity index (χ0) is 18.4. The fourth-order valence-corrected chi connectivity index (χ4v) is 3.76. The Morgan fingerprint density at radius 3 is 2.58 bits per heavy atom. The van der Waals surface area contributed by atoms with Crippen LogP contribution in [0.3, 0.4) is 0 Å². The van der Waals surface area contributed by atoms with Gasteiger partial charge in [-0.05, 0) is 35.6 Å². The molecule has 6 heteroatoms. The molecule has 3 atom stereocenters. The summed E-state index contributed by atoms with van der Waals surface area (Å²) in [6.07, 6.45) is 0.733. The second-order valence-electron chi connectivity index (χ2n) is 6.91. The summed E-state index contributed by atoms with van der Waals surface area (Å²) in [6.45, 7) is -0.942. The van der Waals surface area contributed by atoms with Crippen molar-refractivity contribution in [3.63, 3.8) is 0 Å². The summed E-state index contributed by atoms with van der Waals surface area (Å²) in [6, 6.07) is 16.0. The smallest absolute Gasteiger partial charge is 0.305 e. The van der Waals surface area contributed by atoms with Gasteiger partial charge in [0, 0.05) is 10.9 Å². The number of hydrogen-bond acceptors (Lipinski definition) is 2. The molecule has 136 valence electrons. The lowest BCUT2D eigenvalue weighted by Crippen LogP contribution is -2.65. The zero-order valence-corrected chi connectivity index (χ0v) is 14.7. The van der Waals surface area contributed by atoms with Crippen molar-refractivity contribution < 1.29 is 18.3 Å². The Bertz CT molecular complexity index is 830. The molecule has 0 radical (unpaired) electrons. The number of ether oxygens (including phenoxy) is 1. The summed E-state index contributed by atoms with van der Waals surface area (Å²) in [4.78, 5) is 12.4. The highest BCUT2D eigenvalue weighted by Gasteiger charge is 2.65. The first kappa shape index (κ1) is 17.4. The van der Waals surface area contributed by atoms with Crippen LogP contribution in [0.5, 0.6) is 0 Å². The van der Waals surface area contributed by atoms with Crippen molar-refractivity contribution in [1.82, 2.24) is 5.32 Å². The van der Waals surface area contributed by atoms with Crippen LogP contribution in [0.4, 0.5) is 8.78 Å². The van der Waals surface area contributed by atoms with Gasteiger partial charge < -0.3 is 10.1 Å². The van der Waals surface area contributed by atoms with Crippen LogP contribution in [0.1, 0.15) is 23.5 Å². The third kappa shape index (κ3) is 2.89. The molecule has 1 aliphatic heterocycles. The first-order valence-electron chi connectivity index (χ1n) is 8.53. The SMILES string of the molecule is O=C(NCC1(c2cccc(Cl)c2)OCC1(F)F)[C@H]1C[C@@H]1c1ccccc1. The highest BCUT2D eigenvalue weighted by Crippen LogP contribution is 2.50. The number of carbonyl (C=O) groups is 1. The van der Waals surface area contributed by atoms with Crippen LogP contribution in [0.25, 0.3) is 0 Å². The maximum atomic E-state index is 14.4. The van der Waals surface area contributed by atoms with E-state index in [2.05, 4.69) is 5.32 Å². The van der Waals surface area contributed by atoms with Crippen molar-refractivity contribution >= 4 is 17.5 Å². The van der Waals surface area contributed by atoms with E-state index in [1.807, 2.05) is 30.3 Å². The van der Waals surface area contributed by atoms with E-state index in [4.69, 9.17) is 16.3 Å². The highest BCUT2D eigenvalue weighted by atomic mass is 35.5. The van der Waals surface area contributed by atoms with E-state index in [0.29, 0.717) is 5.02 Å². The molecule has 1 saturated carbocycles. The van der Waals surface area contributed by atoms with E-state index in [1.54, 1.807) is 18.2 Å². The summed E-state index contributed by atoms with van der Waals surface area (Å²) in [7, 11) is 0. The summed E-state index contributed by atoms with van der Waals surface area (Å²) < 4.78 is 34.0. The van der Waals surface area contributed by atoms with E-state index in [-0.39, 0.29) is 29.9 Å². The van der Waals surface area contributed by atoms with Gasteiger partial charge in [-0.1, -0.05) is 54.1 Å². The lowest BCUT2D eigenvalue weighted by molar-refractivity contribution is -0.334. The van der Waals surface area contributed by atoms with Crippen LogP contribution in [-0.4, -0.2) is 25.0 Å². The van der Waals surface area contributed by atoms with Crippen LogP contribution < -0.4 is 5.32 Å². The number of nitrogens with one attached hydrogen (secondary N) is 1. The lowest BCUT2D eigenvalue weighted by Gasteiger charge is -2.49. The Morgan fingerprint density at radius 2 is 1.96 bits per heavy atom. The summed E-state index contributed by atoms with van der Waals surface area (Å²) in [5.41, 5.74) is -0.482. The number of hydrogen-bond donors (Lipinski definition) is 1. The molecular formula is C20H18ClF2NO2. The maximum Gasteiger partial charge on any atom is 0.305 e. The minimum absolute atomic E-state index is 0.154. The topological polar surface area (TPSA) is 38.3 Å². The fourth-order valence-electron chi connectivity index (χ4n) is 3.57. The molecule has 2 aromatic rings. The van der Waals surface area contributed by atoms with Crippen LogP contribution in [-0.2, 0) is 15.1 Å². The molecule has 0 bridgehead atoms. The third-order valence-corrected chi connectivity index (χ3v) is 5.48. The number of benzene rings is 2. The van der Waals surface area contributed by atoms with E-state index in [1.165, 1.54) is 6.07 Å². The van der Waals surface area contributed by atoms with Gasteiger partial charge in [0.25, 0.3) is 0 Å². The second-order valence-corrected chi connectivity index (χ2v) is 7.34. The number of halogens is 3.